The molecule has 7 heteroatoms. The summed E-state index contributed by atoms with van der Waals surface area (Å²) in [4.78, 5) is 12.3. The van der Waals surface area contributed by atoms with Gasteiger partial charge in [-0.05, 0) is 54.0 Å². The fraction of sp³-hybridized carbons (Fsp3) is 0.222. The molecule has 0 aliphatic heterocycles. The van der Waals surface area contributed by atoms with E-state index in [1.165, 1.54) is 11.8 Å². The molecular formula is C18H19N5OS. The number of aromatic nitrogens is 4. The zero-order chi connectivity index (χ0) is 17.8. The van der Waals surface area contributed by atoms with E-state index in [4.69, 9.17) is 0 Å². The molecule has 3 aromatic rings. The van der Waals surface area contributed by atoms with Crippen molar-refractivity contribution in [3.05, 3.63) is 59.2 Å². The van der Waals surface area contributed by atoms with Crippen LogP contribution in [0.3, 0.4) is 0 Å². The highest BCUT2D eigenvalue weighted by Gasteiger charge is 2.14. The smallest absolute Gasteiger partial charge is 0.234 e. The molecule has 1 N–H and O–H groups in total. The van der Waals surface area contributed by atoms with E-state index in [0.717, 1.165) is 28.1 Å². The van der Waals surface area contributed by atoms with Gasteiger partial charge in [0.05, 0.1) is 11.4 Å². The Balaban J connectivity index is 1.70. The molecule has 0 spiro atoms. The number of nitrogens with one attached hydrogen (secondary N) is 1. The van der Waals surface area contributed by atoms with Crippen molar-refractivity contribution in [1.29, 1.82) is 0 Å². The summed E-state index contributed by atoms with van der Waals surface area (Å²) in [5.41, 5.74) is 4.93. The van der Waals surface area contributed by atoms with Gasteiger partial charge in [-0.3, -0.25) is 4.79 Å². The average Bonchev–Trinajstić information content (AvgIpc) is 3.05. The number of nitrogens with zero attached hydrogens (tertiary/aromatic N) is 4. The van der Waals surface area contributed by atoms with Crippen LogP contribution in [0.4, 0.5) is 5.69 Å². The Kier molecular flexibility index (Phi) is 5.14. The largest absolute Gasteiger partial charge is 0.325 e. The first-order valence-electron chi connectivity index (χ1n) is 7.89. The van der Waals surface area contributed by atoms with E-state index < -0.39 is 0 Å². The molecule has 1 heterocycles. The van der Waals surface area contributed by atoms with Gasteiger partial charge in [0.15, 0.2) is 0 Å². The Morgan fingerprint density at radius 3 is 2.44 bits per heavy atom. The Morgan fingerprint density at radius 2 is 1.72 bits per heavy atom. The van der Waals surface area contributed by atoms with Crippen molar-refractivity contribution in [2.45, 2.75) is 25.9 Å². The zero-order valence-corrected chi connectivity index (χ0v) is 15.2. The Labute approximate surface area is 150 Å². The third-order valence-electron chi connectivity index (χ3n) is 3.86. The minimum Gasteiger partial charge on any atom is -0.325 e. The number of carbonyl (C=O) groups is 1. The molecule has 0 atom stereocenters. The number of carbonyl (C=O) groups excluding carboxylic acids is 1. The summed E-state index contributed by atoms with van der Waals surface area (Å²) < 4.78 is 1.66. The number of benzene rings is 2. The lowest BCUT2D eigenvalue weighted by Gasteiger charge is -2.11. The summed E-state index contributed by atoms with van der Waals surface area (Å²) in [5.74, 6) is 0.154. The summed E-state index contributed by atoms with van der Waals surface area (Å²) in [5, 5.41) is 15.4. The Bertz CT molecular complexity index is 886. The molecular weight excluding hydrogens is 334 g/mol. The number of amides is 1. The van der Waals surface area contributed by atoms with Crippen LogP contribution in [0.2, 0.25) is 0 Å². The van der Waals surface area contributed by atoms with E-state index in [1.54, 1.807) is 4.68 Å². The van der Waals surface area contributed by atoms with Crippen molar-refractivity contribution in [3.8, 4) is 5.69 Å². The quantitative estimate of drug-likeness (QED) is 0.713. The first-order chi connectivity index (χ1) is 12.1. The van der Waals surface area contributed by atoms with Crippen LogP contribution in [-0.4, -0.2) is 31.9 Å². The Morgan fingerprint density at radius 1 is 1.04 bits per heavy atom. The summed E-state index contributed by atoms with van der Waals surface area (Å²) in [6.07, 6.45) is 0. The lowest BCUT2D eigenvalue weighted by atomic mass is 10.1. The van der Waals surface area contributed by atoms with Gasteiger partial charge >= 0.3 is 0 Å². The van der Waals surface area contributed by atoms with Gasteiger partial charge in [-0.2, -0.15) is 4.68 Å². The lowest BCUT2D eigenvalue weighted by Crippen LogP contribution is -2.16. The van der Waals surface area contributed by atoms with Crippen LogP contribution in [0.15, 0.2) is 47.6 Å². The maximum atomic E-state index is 12.3. The van der Waals surface area contributed by atoms with Crippen LogP contribution in [0, 0.1) is 20.8 Å². The number of hydrogen-bond donors (Lipinski definition) is 1. The summed E-state index contributed by atoms with van der Waals surface area (Å²) >= 11 is 1.31. The third-order valence-corrected chi connectivity index (χ3v) is 4.78. The van der Waals surface area contributed by atoms with Gasteiger partial charge in [0.25, 0.3) is 0 Å². The molecule has 0 aliphatic rings. The van der Waals surface area contributed by atoms with Gasteiger partial charge in [0, 0.05) is 5.69 Å². The van der Waals surface area contributed by atoms with Crippen molar-refractivity contribution < 1.29 is 4.79 Å². The predicted octanol–water partition coefficient (Wildman–Crippen LogP) is 3.32. The molecule has 1 aromatic heterocycles. The first kappa shape index (κ1) is 17.2. The van der Waals surface area contributed by atoms with Gasteiger partial charge in [0.1, 0.15) is 0 Å². The van der Waals surface area contributed by atoms with Crippen molar-refractivity contribution in [2.75, 3.05) is 11.1 Å². The summed E-state index contributed by atoms with van der Waals surface area (Å²) in [7, 11) is 0. The van der Waals surface area contributed by atoms with E-state index in [1.807, 2.05) is 63.2 Å². The number of para-hydroxylation sites is 2. The number of hydrogen-bond acceptors (Lipinski definition) is 5. The molecule has 25 heavy (non-hydrogen) atoms. The molecule has 128 valence electrons. The second-order valence-corrected chi connectivity index (χ2v) is 6.71. The van der Waals surface area contributed by atoms with E-state index in [9.17, 15) is 4.79 Å². The highest BCUT2D eigenvalue weighted by Crippen LogP contribution is 2.22. The molecule has 1 amide bonds. The molecule has 0 saturated heterocycles. The predicted molar refractivity (Wildman–Crippen MR) is 99.2 cm³/mol. The van der Waals surface area contributed by atoms with Crippen molar-refractivity contribution in [2.24, 2.45) is 0 Å². The van der Waals surface area contributed by atoms with Crippen LogP contribution in [0.1, 0.15) is 16.7 Å². The van der Waals surface area contributed by atoms with Gasteiger partial charge in [-0.1, -0.05) is 48.2 Å². The summed E-state index contributed by atoms with van der Waals surface area (Å²) in [6.45, 7) is 5.96. The first-order valence-corrected chi connectivity index (χ1v) is 8.88. The zero-order valence-electron chi connectivity index (χ0n) is 14.4. The van der Waals surface area contributed by atoms with Crippen molar-refractivity contribution in [3.63, 3.8) is 0 Å². The molecule has 0 radical (unpaired) electrons. The van der Waals surface area contributed by atoms with Crippen LogP contribution in [0.5, 0.6) is 0 Å². The van der Waals surface area contributed by atoms with E-state index in [-0.39, 0.29) is 11.7 Å². The molecule has 0 unspecified atom stereocenters. The fourth-order valence-electron chi connectivity index (χ4n) is 2.54. The second-order valence-electron chi connectivity index (χ2n) is 5.76. The maximum absolute atomic E-state index is 12.3. The number of aryl methyl sites for hydroxylation is 3. The molecule has 0 saturated carbocycles. The van der Waals surface area contributed by atoms with E-state index in [2.05, 4.69) is 20.8 Å². The van der Waals surface area contributed by atoms with Crippen LogP contribution in [-0.2, 0) is 4.79 Å². The van der Waals surface area contributed by atoms with Gasteiger partial charge in [-0.15, -0.1) is 5.10 Å². The molecule has 6 nitrogen and oxygen atoms in total. The van der Waals surface area contributed by atoms with E-state index >= 15 is 0 Å². The SMILES string of the molecule is Cc1ccccc1-n1nnnc1SCC(=O)Nc1c(C)cccc1C. The molecule has 0 aliphatic carbocycles. The molecule has 3 rings (SSSR count). The standard InChI is InChI=1S/C18H19N5OS/c1-12-7-4-5-10-15(12)23-18(20-21-22-23)25-11-16(24)19-17-13(2)8-6-9-14(17)3/h4-10H,11H2,1-3H3,(H,19,24). The van der Waals surface area contributed by atoms with Gasteiger partial charge in [0.2, 0.25) is 11.1 Å². The van der Waals surface area contributed by atoms with E-state index in [0.29, 0.717) is 5.16 Å². The summed E-state index contributed by atoms with van der Waals surface area (Å²) in [6, 6.07) is 13.8. The number of tetrazole rings is 1. The van der Waals surface area contributed by atoms with Gasteiger partial charge in [-0.25, -0.2) is 0 Å². The lowest BCUT2D eigenvalue weighted by molar-refractivity contribution is -0.113. The highest BCUT2D eigenvalue weighted by atomic mass is 32.2. The number of thioether (sulfide) groups is 1. The molecule has 0 fully saturated rings. The Hall–Kier alpha value is -2.67. The topological polar surface area (TPSA) is 72.7 Å². The third kappa shape index (κ3) is 3.88. The van der Waals surface area contributed by atoms with Crippen molar-refractivity contribution >= 4 is 23.4 Å². The van der Waals surface area contributed by atoms with Gasteiger partial charge < -0.3 is 5.32 Å². The maximum Gasteiger partial charge on any atom is 0.234 e. The number of anilines is 1. The number of rotatable bonds is 5. The van der Waals surface area contributed by atoms with Crippen LogP contribution >= 0.6 is 11.8 Å². The minimum absolute atomic E-state index is 0.0817. The second kappa shape index (κ2) is 7.48. The fourth-order valence-corrected chi connectivity index (χ4v) is 3.22. The van der Waals surface area contributed by atoms with Crippen LogP contribution in [0.25, 0.3) is 5.69 Å². The average molecular weight is 353 g/mol. The monoisotopic (exact) mass is 353 g/mol. The van der Waals surface area contributed by atoms with Crippen LogP contribution < -0.4 is 5.32 Å². The highest BCUT2D eigenvalue weighted by molar-refractivity contribution is 7.99. The minimum atomic E-state index is -0.0817. The molecule has 2 aromatic carbocycles. The van der Waals surface area contributed by atoms with Crippen molar-refractivity contribution in [1.82, 2.24) is 20.2 Å². The molecule has 0 bridgehead atoms. The normalized spacial score (nSPS) is 10.7.